The van der Waals surface area contributed by atoms with Gasteiger partial charge in [-0.25, -0.2) is 0 Å². The van der Waals surface area contributed by atoms with Crippen LogP contribution in [0.3, 0.4) is 0 Å². The van der Waals surface area contributed by atoms with E-state index < -0.39 is 5.41 Å². The van der Waals surface area contributed by atoms with Gasteiger partial charge in [-0.15, -0.1) is 0 Å². The summed E-state index contributed by atoms with van der Waals surface area (Å²) in [5, 5.41) is 7.15. The van der Waals surface area contributed by atoms with Crippen LogP contribution in [-0.4, -0.2) is 11.1 Å². The van der Waals surface area contributed by atoms with Crippen LogP contribution in [0.25, 0.3) is 11.1 Å². The Balaban J connectivity index is 1.85. The van der Waals surface area contributed by atoms with E-state index in [-0.39, 0.29) is 5.91 Å². The minimum atomic E-state index is -0.416. The third kappa shape index (κ3) is 1.97. The molecule has 1 fully saturated rings. The average molecular weight is 310 g/mol. The Kier molecular flexibility index (Phi) is 3.12. The summed E-state index contributed by atoms with van der Waals surface area (Å²) in [6, 6.07) is 6.23. The molecule has 1 aromatic heterocycles. The number of benzene rings is 1. The van der Waals surface area contributed by atoms with Crippen LogP contribution in [0.2, 0.25) is 0 Å². The normalized spacial score (nSPS) is 24.0. The molecule has 0 spiro atoms. The van der Waals surface area contributed by atoms with Crippen molar-refractivity contribution in [1.82, 2.24) is 5.16 Å². The number of carbonyl (C=O) groups excluding carboxylic acids is 1. The minimum Gasteiger partial charge on any atom is -0.361 e. The molecular weight excluding hydrogens is 288 g/mol. The molecule has 120 valence electrons. The van der Waals surface area contributed by atoms with Gasteiger partial charge < -0.3 is 9.84 Å². The highest BCUT2D eigenvalue weighted by Gasteiger charge is 2.49. The van der Waals surface area contributed by atoms with Crippen LogP contribution in [0.15, 0.2) is 22.7 Å². The van der Waals surface area contributed by atoms with E-state index in [2.05, 4.69) is 23.5 Å². The highest BCUT2D eigenvalue weighted by molar-refractivity contribution is 6.06. The maximum absolute atomic E-state index is 12.7. The van der Waals surface area contributed by atoms with Crippen molar-refractivity contribution >= 4 is 11.6 Å². The van der Waals surface area contributed by atoms with Gasteiger partial charge in [0, 0.05) is 11.3 Å². The van der Waals surface area contributed by atoms with E-state index in [4.69, 9.17) is 4.52 Å². The molecule has 1 atom stereocenters. The Hall–Kier alpha value is -2.10. The molecule has 1 aliphatic heterocycles. The quantitative estimate of drug-likeness (QED) is 0.896. The van der Waals surface area contributed by atoms with Gasteiger partial charge in [0.2, 0.25) is 5.91 Å². The Bertz CT molecular complexity index is 767. The molecule has 2 aromatic rings. The van der Waals surface area contributed by atoms with Crippen molar-refractivity contribution in [3.05, 3.63) is 35.2 Å². The summed E-state index contributed by atoms with van der Waals surface area (Å²) in [4.78, 5) is 12.7. The summed E-state index contributed by atoms with van der Waals surface area (Å²) in [6.07, 6.45) is 4.73. The number of anilines is 1. The molecule has 1 aliphatic carbocycles. The lowest BCUT2D eigenvalue weighted by Crippen LogP contribution is -2.37. The van der Waals surface area contributed by atoms with E-state index in [0.29, 0.717) is 5.92 Å². The maximum Gasteiger partial charge on any atom is 0.235 e. The number of fused-ring (bicyclic) bond motifs is 1. The Morgan fingerprint density at radius 2 is 2.00 bits per heavy atom. The van der Waals surface area contributed by atoms with E-state index >= 15 is 0 Å². The molecule has 0 radical (unpaired) electrons. The second kappa shape index (κ2) is 4.95. The third-order valence-corrected chi connectivity index (χ3v) is 5.79. The summed E-state index contributed by atoms with van der Waals surface area (Å²) in [7, 11) is 0. The first kappa shape index (κ1) is 14.5. The first-order valence-corrected chi connectivity index (χ1v) is 8.41. The van der Waals surface area contributed by atoms with Crippen LogP contribution >= 0.6 is 0 Å². The van der Waals surface area contributed by atoms with Gasteiger partial charge in [-0.1, -0.05) is 24.1 Å². The molecule has 1 unspecified atom stereocenters. The van der Waals surface area contributed by atoms with Crippen molar-refractivity contribution in [2.45, 2.75) is 51.9 Å². The molecule has 0 bridgehead atoms. The van der Waals surface area contributed by atoms with Gasteiger partial charge in [0.1, 0.15) is 5.76 Å². The SMILES string of the molecule is Cc1noc(C)c1-c1ccc2c(c1)C(C)(C1CCCC1)C(=O)N2. The zero-order valence-corrected chi connectivity index (χ0v) is 13.9. The van der Waals surface area contributed by atoms with Gasteiger partial charge in [-0.3, -0.25) is 4.79 Å². The van der Waals surface area contributed by atoms with E-state index in [1.165, 1.54) is 12.8 Å². The third-order valence-electron chi connectivity index (χ3n) is 5.79. The molecule has 23 heavy (non-hydrogen) atoms. The predicted octanol–water partition coefficient (Wildman–Crippen LogP) is 4.36. The number of nitrogens with zero attached hydrogens (tertiary/aromatic N) is 1. The van der Waals surface area contributed by atoms with Crippen molar-refractivity contribution in [2.24, 2.45) is 5.92 Å². The van der Waals surface area contributed by atoms with Crippen LogP contribution in [0, 0.1) is 19.8 Å². The molecule has 0 saturated heterocycles. The first-order valence-electron chi connectivity index (χ1n) is 8.41. The topological polar surface area (TPSA) is 55.1 Å². The zero-order valence-electron chi connectivity index (χ0n) is 13.9. The van der Waals surface area contributed by atoms with Gasteiger partial charge >= 0.3 is 0 Å². The summed E-state index contributed by atoms with van der Waals surface area (Å²) >= 11 is 0. The molecule has 1 amide bonds. The largest absolute Gasteiger partial charge is 0.361 e. The maximum atomic E-state index is 12.7. The number of nitrogens with one attached hydrogen (secondary N) is 1. The summed E-state index contributed by atoms with van der Waals surface area (Å²) < 4.78 is 5.31. The van der Waals surface area contributed by atoms with Crippen molar-refractivity contribution in [3.63, 3.8) is 0 Å². The van der Waals surface area contributed by atoms with Gasteiger partial charge in [-0.05, 0) is 62.8 Å². The molecule has 1 saturated carbocycles. The van der Waals surface area contributed by atoms with Gasteiger partial charge in [-0.2, -0.15) is 0 Å². The highest BCUT2D eigenvalue weighted by Crippen LogP contribution is 2.49. The fourth-order valence-corrected chi connectivity index (χ4v) is 4.42. The van der Waals surface area contributed by atoms with Crippen molar-refractivity contribution in [3.8, 4) is 11.1 Å². The fraction of sp³-hybridized carbons (Fsp3) is 0.474. The minimum absolute atomic E-state index is 0.148. The number of hydrogen-bond acceptors (Lipinski definition) is 3. The molecule has 1 aromatic carbocycles. The predicted molar refractivity (Wildman–Crippen MR) is 89.4 cm³/mol. The molecule has 4 heteroatoms. The van der Waals surface area contributed by atoms with Gasteiger partial charge in [0.15, 0.2) is 0 Å². The lowest BCUT2D eigenvalue weighted by molar-refractivity contribution is -0.122. The van der Waals surface area contributed by atoms with Gasteiger partial charge in [0.05, 0.1) is 11.1 Å². The molecule has 1 N–H and O–H groups in total. The first-order chi connectivity index (χ1) is 11.0. The second-order valence-electron chi connectivity index (χ2n) is 7.10. The van der Waals surface area contributed by atoms with Crippen molar-refractivity contribution in [1.29, 1.82) is 0 Å². The van der Waals surface area contributed by atoms with Crippen LogP contribution in [0.1, 0.15) is 49.6 Å². The Morgan fingerprint density at radius 1 is 1.26 bits per heavy atom. The van der Waals surface area contributed by atoms with Crippen LogP contribution in [-0.2, 0) is 10.2 Å². The van der Waals surface area contributed by atoms with E-state index in [1.807, 2.05) is 26.0 Å². The number of hydrogen-bond donors (Lipinski definition) is 1. The van der Waals surface area contributed by atoms with Gasteiger partial charge in [0.25, 0.3) is 0 Å². The smallest absolute Gasteiger partial charge is 0.235 e. The lowest BCUT2D eigenvalue weighted by atomic mass is 9.71. The average Bonchev–Trinajstić information content (AvgIpc) is 3.22. The van der Waals surface area contributed by atoms with E-state index in [9.17, 15) is 4.79 Å². The van der Waals surface area contributed by atoms with Crippen molar-refractivity contribution in [2.75, 3.05) is 5.32 Å². The summed E-state index contributed by atoms with van der Waals surface area (Å²) in [5.74, 6) is 1.40. The number of aryl methyl sites for hydroxylation is 2. The number of rotatable bonds is 2. The second-order valence-corrected chi connectivity index (χ2v) is 7.10. The summed E-state index contributed by atoms with van der Waals surface area (Å²) in [6.45, 7) is 6.00. The fourth-order valence-electron chi connectivity index (χ4n) is 4.42. The standard InChI is InChI=1S/C19H22N2O2/c1-11-17(12(2)23-21-11)13-8-9-16-15(10-13)19(3,18(22)20-16)14-6-4-5-7-14/h8-10,14H,4-7H2,1-3H3,(H,20,22). The number of amides is 1. The lowest BCUT2D eigenvalue weighted by Gasteiger charge is -2.29. The highest BCUT2D eigenvalue weighted by atomic mass is 16.5. The molecule has 4 nitrogen and oxygen atoms in total. The van der Waals surface area contributed by atoms with Crippen molar-refractivity contribution < 1.29 is 9.32 Å². The van der Waals surface area contributed by atoms with E-state index in [0.717, 1.165) is 46.7 Å². The number of carbonyl (C=O) groups is 1. The molecule has 4 rings (SSSR count). The zero-order chi connectivity index (χ0) is 16.2. The van der Waals surface area contributed by atoms with E-state index in [1.54, 1.807) is 0 Å². The number of aromatic nitrogens is 1. The molecular formula is C19H22N2O2. The summed E-state index contributed by atoms with van der Waals surface area (Å²) in [5.41, 5.74) is 4.69. The molecule has 2 aliphatic rings. The van der Waals surface area contributed by atoms with Crippen LogP contribution < -0.4 is 5.32 Å². The van der Waals surface area contributed by atoms with Crippen LogP contribution in [0.5, 0.6) is 0 Å². The Labute approximate surface area is 136 Å². The monoisotopic (exact) mass is 310 g/mol. The van der Waals surface area contributed by atoms with Crippen LogP contribution in [0.4, 0.5) is 5.69 Å². The molecule has 2 heterocycles. The Morgan fingerprint density at radius 3 is 2.65 bits per heavy atom.